The lowest BCUT2D eigenvalue weighted by atomic mass is 9.48. The lowest BCUT2D eigenvalue weighted by Crippen LogP contribution is -2.46. The summed E-state index contributed by atoms with van der Waals surface area (Å²) in [6.07, 6.45) is 10.5. The highest BCUT2D eigenvalue weighted by Gasteiger charge is 2.50. The van der Waals surface area contributed by atoms with Crippen LogP contribution in [0.1, 0.15) is 65.9 Å². The van der Waals surface area contributed by atoms with Crippen molar-refractivity contribution in [1.29, 1.82) is 0 Å². The largest absolute Gasteiger partial charge is 0.476 e. The Morgan fingerprint density at radius 3 is 2.37 bits per heavy atom. The van der Waals surface area contributed by atoms with Gasteiger partial charge in [-0.1, -0.05) is 24.3 Å². The van der Waals surface area contributed by atoms with Gasteiger partial charge in [0.15, 0.2) is 5.69 Å². The molecule has 0 atom stereocenters. The number of carboxylic acids is 1. The van der Waals surface area contributed by atoms with Gasteiger partial charge in [-0.15, -0.1) is 11.3 Å². The van der Waals surface area contributed by atoms with Crippen molar-refractivity contribution in [2.75, 3.05) is 0 Å². The van der Waals surface area contributed by atoms with Crippen molar-refractivity contribution in [3.8, 4) is 10.6 Å². The first-order valence-electron chi connectivity index (χ1n) is 10.3. The Balaban J connectivity index is 1.40. The predicted octanol–water partition coefficient (Wildman–Crippen LogP) is 5.97. The van der Waals surface area contributed by atoms with Gasteiger partial charge in [0.25, 0.3) is 0 Å². The van der Waals surface area contributed by atoms with Crippen molar-refractivity contribution in [2.45, 2.75) is 58.3 Å². The first-order chi connectivity index (χ1) is 13.0. The second-order valence-electron chi connectivity index (χ2n) is 9.33. The smallest absolute Gasteiger partial charge is 0.355 e. The third-order valence-electron chi connectivity index (χ3n) is 7.32. The summed E-state index contributed by atoms with van der Waals surface area (Å²) in [5.41, 5.74) is 2.97. The quantitative estimate of drug-likeness (QED) is 0.694. The molecule has 0 unspecified atom stereocenters. The van der Waals surface area contributed by atoms with Crippen LogP contribution in [-0.4, -0.2) is 16.1 Å². The summed E-state index contributed by atoms with van der Waals surface area (Å²) < 4.78 is 0. The molecular formula is C23H27NO2S. The van der Waals surface area contributed by atoms with Gasteiger partial charge in [0.2, 0.25) is 0 Å². The van der Waals surface area contributed by atoms with E-state index in [0.717, 1.165) is 51.6 Å². The molecule has 1 N–H and O–H groups in total. The number of carbonyl (C=O) groups is 1. The Hall–Kier alpha value is -1.68. The molecule has 1 aromatic carbocycles. The van der Waals surface area contributed by atoms with E-state index in [9.17, 15) is 9.90 Å². The molecule has 0 radical (unpaired) electrons. The van der Waals surface area contributed by atoms with Crippen LogP contribution in [0.3, 0.4) is 0 Å². The fraction of sp³-hybridized carbons (Fsp3) is 0.565. The van der Waals surface area contributed by atoms with E-state index in [1.54, 1.807) is 11.3 Å². The molecule has 4 aliphatic rings. The van der Waals surface area contributed by atoms with E-state index < -0.39 is 5.97 Å². The molecule has 0 aliphatic heterocycles. The highest BCUT2D eigenvalue weighted by Crippen LogP contribution is 2.61. The summed E-state index contributed by atoms with van der Waals surface area (Å²) in [5, 5.41) is 10.6. The zero-order valence-corrected chi connectivity index (χ0v) is 16.7. The number of hydrogen-bond donors (Lipinski definition) is 1. The standard InChI is InChI=1S/C23H27NO2S/c1-14-4-2-3-5-18(14)21-24-20(22(25)26)19(27-21)6-7-23-11-15-8-16(12-23)10-17(9-15)13-23/h2-5,15-17H,6-13H2,1H3,(H,25,26). The molecule has 1 heterocycles. The average Bonchev–Trinajstić information content (AvgIpc) is 3.04. The zero-order chi connectivity index (χ0) is 18.6. The van der Waals surface area contributed by atoms with Gasteiger partial charge in [0, 0.05) is 10.4 Å². The van der Waals surface area contributed by atoms with E-state index in [4.69, 9.17) is 0 Å². The van der Waals surface area contributed by atoms with Gasteiger partial charge in [-0.25, -0.2) is 9.78 Å². The van der Waals surface area contributed by atoms with E-state index in [1.165, 1.54) is 38.5 Å². The molecule has 4 aliphatic carbocycles. The summed E-state index contributed by atoms with van der Waals surface area (Å²) in [6, 6.07) is 8.12. The fourth-order valence-corrected chi connectivity index (χ4v) is 7.73. The van der Waals surface area contributed by atoms with Gasteiger partial charge in [0.1, 0.15) is 5.01 Å². The second-order valence-corrected chi connectivity index (χ2v) is 10.4. The maximum absolute atomic E-state index is 11.8. The molecular weight excluding hydrogens is 354 g/mol. The number of thiazole rings is 1. The highest BCUT2D eigenvalue weighted by molar-refractivity contribution is 7.15. The number of nitrogens with zero attached hydrogens (tertiary/aromatic N) is 1. The first kappa shape index (κ1) is 17.4. The summed E-state index contributed by atoms with van der Waals surface area (Å²) in [7, 11) is 0. The minimum atomic E-state index is -0.883. The van der Waals surface area contributed by atoms with Gasteiger partial charge < -0.3 is 5.11 Å². The van der Waals surface area contributed by atoms with Crippen molar-refractivity contribution < 1.29 is 9.90 Å². The molecule has 6 rings (SSSR count). The Bertz CT molecular complexity index is 849. The van der Waals surface area contributed by atoms with E-state index in [2.05, 4.69) is 18.0 Å². The van der Waals surface area contributed by atoms with E-state index in [1.807, 2.05) is 18.2 Å². The number of rotatable bonds is 5. The number of benzene rings is 1. The van der Waals surface area contributed by atoms with Crippen LogP contribution in [0.5, 0.6) is 0 Å². The summed E-state index contributed by atoms with van der Waals surface area (Å²) in [6.45, 7) is 2.06. The van der Waals surface area contributed by atoms with Crippen LogP contribution >= 0.6 is 11.3 Å². The Morgan fingerprint density at radius 1 is 1.15 bits per heavy atom. The van der Waals surface area contributed by atoms with Gasteiger partial charge in [0.05, 0.1) is 0 Å². The minimum absolute atomic E-state index is 0.281. The van der Waals surface area contributed by atoms with Crippen molar-refractivity contribution in [3.05, 3.63) is 40.4 Å². The molecule has 142 valence electrons. The van der Waals surface area contributed by atoms with Crippen molar-refractivity contribution in [1.82, 2.24) is 4.98 Å². The third kappa shape index (κ3) is 3.12. The Labute approximate surface area is 164 Å². The molecule has 4 heteroatoms. The number of carboxylic acid groups (broad SMARTS) is 1. The third-order valence-corrected chi connectivity index (χ3v) is 8.47. The van der Waals surface area contributed by atoms with E-state index in [0.29, 0.717) is 5.41 Å². The molecule has 1 aromatic heterocycles. The molecule has 0 amide bonds. The normalized spacial score (nSPS) is 31.4. The molecule has 0 saturated heterocycles. The lowest BCUT2D eigenvalue weighted by molar-refractivity contribution is -0.0569. The van der Waals surface area contributed by atoms with Crippen molar-refractivity contribution in [2.24, 2.45) is 23.2 Å². The lowest BCUT2D eigenvalue weighted by Gasteiger charge is -2.57. The average molecular weight is 382 g/mol. The van der Waals surface area contributed by atoms with Crippen LogP contribution in [0, 0.1) is 30.1 Å². The Kier molecular flexibility index (Phi) is 4.15. The molecule has 0 spiro atoms. The van der Waals surface area contributed by atoms with Gasteiger partial charge in [-0.2, -0.15) is 0 Å². The van der Waals surface area contributed by atoms with Crippen LogP contribution in [0.15, 0.2) is 24.3 Å². The highest BCUT2D eigenvalue weighted by atomic mass is 32.1. The zero-order valence-electron chi connectivity index (χ0n) is 15.9. The summed E-state index contributed by atoms with van der Waals surface area (Å²) >= 11 is 1.59. The minimum Gasteiger partial charge on any atom is -0.476 e. The monoisotopic (exact) mass is 381 g/mol. The molecule has 3 nitrogen and oxygen atoms in total. The molecule has 4 fully saturated rings. The number of hydrogen-bond acceptors (Lipinski definition) is 3. The fourth-order valence-electron chi connectivity index (χ4n) is 6.59. The number of aromatic carboxylic acids is 1. The van der Waals surface area contributed by atoms with Crippen LogP contribution in [0.25, 0.3) is 10.6 Å². The second kappa shape index (κ2) is 6.44. The van der Waals surface area contributed by atoms with Gasteiger partial charge in [-0.3, -0.25) is 0 Å². The maximum Gasteiger partial charge on any atom is 0.355 e. The molecule has 27 heavy (non-hydrogen) atoms. The SMILES string of the molecule is Cc1ccccc1-c1nc(C(=O)O)c(CCC23CC4CC(CC(C4)C2)C3)s1. The number of aromatic nitrogens is 1. The van der Waals surface area contributed by atoms with Crippen LogP contribution < -0.4 is 0 Å². The predicted molar refractivity (Wildman–Crippen MR) is 108 cm³/mol. The first-order valence-corrected chi connectivity index (χ1v) is 11.1. The summed E-state index contributed by atoms with van der Waals surface area (Å²) in [4.78, 5) is 17.3. The molecule has 4 saturated carbocycles. The van der Waals surface area contributed by atoms with Crippen molar-refractivity contribution >= 4 is 17.3 Å². The summed E-state index contributed by atoms with van der Waals surface area (Å²) in [5.74, 6) is 1.95. The topological polar surface area (TPSA) is 50.2 Å². The molecule has 4 bridgehead atoms. The van der Waals surface area contributed by atoms with Crippen LogP contribution in [0.2, 0.25) is 0 Å². The number of aryl methyl sites for hydroxylation is 2. The molecule has 2 aromatic rings. The van der Waals surface area contributed by atoms with Gasteiger partial charge in [-0.05, 0) is 87.0 Å². The van der Waals surface area contributed by atoms with E-state index in [-0.39, 0.29) is 5.69 Å². The maximum atomic E-state index is 11.8. The van der Waals surface area contributed by atoms with Gasteiger partial charge >= 0.3 is 5.97 Å². The Morgan fingerprint density at radius 2 is 1.78 bits per heavy atom. The van der Waals surface area contributed by atoms with E-state index >= 15 is 0 Å². The van der Waals surface area contributed by atoms with Crippen LogP contribution in [0.4, 0.5) is 0 Å². The van der Waals surface area contributed by atoms with Crippen molar-refractivity contribution in [3.63, 3.8) is 0 Å². The van der Waals surface area contributed by atoms with Crippen LogP contribution in [-0.2, 0) is 6.42 Å².